The highest BCUT2D eigenvalue weighted by atomic mass is 32.2. The Morgan fingerprint density at radius 1 is 1.05 bits per heavy atom. The second-order valence-electron chi connectivity index (χ2n) is 6.19. The van der Waals surface area contributed by atoms with E-state index in [1.54, 1.807) is 16.7 Å². The third kappa shape index (κ3) is 6.59. The lowest BCUT2D eigenvalue weighted by Crippen LogP contribution is -2.44. The lowest BCUT2D eigenvalue weighted by molar-refractivity contribution is -0.148. The maximum Gasteiger partial charge on any atom is 0.327 e. The molecule has 0 radical (unpaired) electrons. The average Bonchev–Trinajstić information content (AvgIpc) is 2.90. The Labute approximate surface area is 139 Å². The molecule has 128 valence electrons. The van der Waals surface area contributed by atoms with Gasteiger partial charge in [0.05, 0.1) is 5.37 Å². The zero-order chi connectivity index (χ0) is 16.4. The Hall–Kier alpha value is -0.710. The van der Waals surface area contributed by atoms with Gasteiger partial charge in [-0.25, -0.2) is 4.79 Å². The molecule has 1 heterocycles. The van der Waals surface area contributed by atoms with Gasteiger partial charge in [0.15, 0.2) is 0 Å². The number of carbonyl (C=O) groups excluding carboxylic acids is 1. The second-order valence-corrected chi connectivity index (χ2v) is 7.40. The van der Waals surface area contributed by atoms with Crippen LogP contribution in [0.5, 0.6) is 0 Å². The van der Waals surface area contributed by atoms with E-state index >= 15 is 0 Å². The van der Waals surface area contributed by atoms with Gasteiger partial charge in [-0.05, 0) is 6.42 Å². The highest BCUT2D eigenvalue weighted by Gasteiger charge is 2.39. The molecule has 4 nitrogen and oxygen atoms in total. The van der Waals surface area contributed by atoms with E-state index in [1.807, 2.05) is 0 Å². The van der Waals surface area contributed by atoms with Gasteiger partial charge in [-0.2, -0.15) is 0 Å². The minimum atomic E-state index is -0.878. The first-order valence-corrected chi connectivity index (χ1v) is 9.76. The minimum absolute atomic E-state index is 0.0585. The van der Waals surface area contributed by atoms with Crippen molar-refractivity contribution < 1.29 is 14.7 Å². The maximum absolute atomic E-state index is 11.7. The largest absolute Gasteiger partial charge is 0.480 e. The molecule has 1 unspecified atom stereocenters. The number of carboxylic acids is 1. The molecule has 1 amide bonds. The number of carboxylic acid groups (broad SMARTS) is 1. The highest BCUT2D eigenvalue weighted by molar-refractivity contribution is 8.00. The summed E-state index contributed by atoms with van der Waals surface area (Å²) in [7, 11) is 0. The molecule has 5 heteroatoms. The Morgan fingerprint density at radius 2 is 1.59 bits per heavy atom. The van der Waals surface area contributed by atoms with Crippen LogP contribution in [0.15, 0.2) is 0 Å². The van der Waals surface area contributed by atoms with E-state index in [0.29, 0.717) is 5.75 Å². The van der Waals surface area contributed by atoms with Gasteiger partial charge in [0, 0.05) is 12.7 Å². The summed E-state index contributed by atoms with van der Waals surface area (Å²) >= 11 is 1.62. The van der Waals surface area contributed by atoms with Crippen molar-refractivity contribution in [2.24, 2.45) is 0 Å². The number of carbonyl (C=O) groups is 2. The van der Waals surface area contributed by atoms with Crippen molar-refractivity contribution in [2.45, 2.75) is 89.5 Å². The van der Waals surface area contributed by atoms with Crippen molar-refractivity contribution in [1.82, 2.24) is 4.90 Å². The van der Waals surface area contributed by atoms with Crippen LogP contribution in [0.4, 0.5) is 0 Å². The first kappa shape index (κ1) is 19.3. The van der Waals surface area contributed by atoms with Gasteiger partial charge >= 0.3 is 5.97 Å². The molecule has 1 saturated heterocycles. The predicted octanol–water partition coefficient (Wildman–Crippen LogP) is 4.28. The minimum Gasteiger partial charge on any atom is -0.480 e. The Kier molecular flexibility index (Phi) is 9.60. The van der Waals surface area contributed by atoms with E-state index in [0.717, 1.165) is 12.8 Å². The molecule has 0 aromatic heterocycles. The van der Waals surface area contributed by atoms with E-state index in [-0.39, 0.29) is 11.3 Å². The molecule has 0 aromatic carbocycles. The van der Waals surface area contributed by atoms with Crippen LogP contribution in [0, 0.1) is 0 Å². The maximum atomic E-state index is 11.7. The fourth-order valence-electron chi connectivity index (χ4n) is 3.03. The molecule has 0 aromatic rings. The molecule has 1 fully saturated rings. The number of hydrogen-bond acceptors (Lipinski definition) is 3. The van der Waals surface area contributed by atoms with Crippen LogP contribution in [0.25, 0.3) is 0 Å². The second kappa shape index (κ2) is 10.9. The van der Waals surface area contributed by atoms with Crippen LogP contribution in [0.1, 0.15) is 78.1 Å². The molecule has 0 saturated carbocycles. The van der Waals surface area contributed by atoms with Crippen molar-refractivity contribution in [3.05, 3.63) is 0 Å². The fourth-order valence-corrected chi connectivity index (χ4v) is 4.52. The third-order valence-corrected chi connectivity index (χ3v) is 5.65. The number of thioether (sulfide) groups is 1. The summed E-state index contributed by atoms with van der Waals surface area (Å²) in [5.41, 5.74) is 0. The molecule has 1 aliphatic rings. The Balaban J connectivity index is 2.14. The number of rotatable bonds is 11. The number of nitrogens with zero attached hydrogens (tertiary/aromatic N) is 1. The van der Waals surface area contributed by atoms with Crippen LogP contribution in [0.3, 0.4) is 0 Å². The smallest absolute Gasteiger partial charge is 0.327 e. The molecule has 22 heavy (non-hydrogen) atoms. The van der Waals surface area contributed by atoms with Crippen molar-refractivity contribution >= 4 is 23.6 Å². The molecular weight excluding hydrogens is 298 g/mol. The standard InChI is InChI=1S/C17H31NO3S/c1-3-4-5-6-7-8-9-10-11-12-16-18(14(2)19)15(13-22-16)17(20)21/h15-16H,3-13H2,1-2H3,(H,20,21)/t15-,16?/m0/s1. The lowest BCUT2D eigenvalue weighted by atomic mass is 10.1. The zero-order valence-electron chi connectivity index (χ0n) is 14.1. The number of amides is 1. The summed E-state index contributed by atoms with van der Waals surface area (Å²) in [5, 5.41) is 9.23. The van der Waals surface area contributed by atoms with Gasteiger partial charge in [0.25, 0.3) is 0 Å². The van der Waals surface area contributed by atoms with E-state index in [9.17, 15) is 14.7 Å². The molecule has 0 spiro atoms. The number of hydrogen-bond donors (Lipinski definition) is 1. The quantitative estimate of drug-likeness (QED) is 0.575. The van der Waals surface area contributed by atoms with Crippen molar-refractivity contribution in [2.75, 3.05) is 5.75 Å². The van der Waals surface area contributed by atoms with Crippen LogP contribution in [-0.4, -0.2) is 39.1 Å². The van der Waals surface area contributed by atoms with E-state index < -0.39 is 12.0 Å². The summed E-state index contributed by atoms with van der Waals surface area (Å²) in [6, 6.07) is -0.633. The Bertz CT molecular complexity index is 349. The van der Waals surface area contributed by atoms with Gasteiger partial charge in [-0.15, -0.1) is 11.8 Å². The van der Waals surface area contributed by atoms with Crippen molar-refractivity contribution in [1.29, 1.82) is 0 Å². The SMILES string of the molecule is CCCCCCCCCCCC1SC[C@@H](C(=O)O)N1C(C)=O. The van der Waals surface area contributed by atoms with Gasteiger partial charge < -0.3 is 10.0 Å². The molecule has 2 atom stereocenters. The van der Waals surface area contributed by atoms with Crippen LogP contribution < -0.4 is 0 Å². The third-order valence-electron chi connectivity index (χ3n) is 4.30. The summed E-state index contributed by atoms with van der Waals surface area (Å²) in [5.74, 6) is -0.465. The molecule has 1 N–H and O–H groups in total. The average molecular weight is 330 g/mol. The van der Waals surface area contributed by atoms with Gasteiger partial charge in [0.1, 0.15) is 6.04 Å². The topological polar surface area (TPSA) is 57.6 Å². The molecule has 0 bridgehead atoms. The van der Waals surface area contributed by atoms with Crippen molar-refractivity contribution in [3.63, 3.8) is 0 Å². The first-order chi connectivity index (χ1) is 10.6. The van der Waals surface area contributed by atoms with Crippen LogP contribution in [-0.2, 0) is 9.59 Å². The zero-order valence-corrected chi connectivity index (χ0v) is 14.9. The van der Waals surface area contributed by atoms with Gasteiger partial charge in [-0.3, -0.25) is 4.79 Å². The Morgan fingerprint density at radius 3 is 2.09 bits per heavy atom. The summed E-state index contributed by atoms with van der Waals surface area (Å²) in [6.07, 6.45) is 12.4. The summed E-state index contributed by atoms with van der Waals surface area (Å²) in [4.78, 5) is 24.4. The lowest BCUT2D eigenvalue weighted by Gasteiger charge is -2.26. The molecule has 1 rings (SSSR count). The van der Waals surface area contributed by atoms with Crippen LogP contribution in [0.2, 0.25) is 0 Å². The van der Waals surface area contributed by atoms with Gasteiger partial charge in [0.2, 0.25) is 5.91 Å². The van der Waals surface area contributed by atoms with E-state index in [2.05, 4.69) is 6.92 Å². The van der Waals surface area contributed by atoms with Crippen LogP contribution >= 0.6 is 11.8 Å². The predicted molar refractivity (Wildman–Crippen MR) is 92.0 cm³/mol. The van der Waals surface area contributed by atoms with E-state index in [4.69, 9.17) is 0 Å². The molecule has 0 aliphatic carbocycles. The molecule has 1 aliphatic heterocycles. The number of unbranched alkanes of at least 4 members (excludes halogenated alkanes) is 8. The summed E-state index contributed by atoms with van der Waals surface area (Å²) < 4.78 is 0. The monoisotopic (exact) mass is 329 g/mol. The summed E-state index contributed by atoms with van der Waals surface area (Å²) in [6.45, 7) is 3.71. The van der Waals surface area contributed by atoms with Gasteiger partial charge in [-0.1, -0.05) is 64.7 Å². The number of aliphatic carboxylic acids is 1. The van der Waals surface area contributed by atoms with Crippen molar-refractivity contribution in [3.8, 4) is 0 Å². The first-order valence-electron chi connectivity index (χ1n) is 8.71. The molecular formula is C17H31NO3S. The van der Waals surface area contributed by atoms with E-state index in [1.165, 1.54) is 58.3 Å². The highest BCUT2D eigenvalue weighted by Crippen LogP contribution is 2.32. The normalized spacial score (nSPS) is 21.3. The fraction of sp³-hybridized carbons (Fsp3) is 0.882.